The van der Waals surface area contributed by atoms with Crippen LogP contribution in [0.3, 0.4) is 0 Å². The van der Waals surface area contributed by atoms with Crippen molar-refractivity contribution < 1.29 is 36.0 Å². The molecular formula is CH6O7. The minimum atomic E-state index is -3.50. The van der Waals surface area contributed by atoms with Gasteiger partial charge >= 0.3 is 6.16 Å². The van der Waals surface area contributed by atoms with Gasteiger partial charge in [-0.1, -0.05) is 5.04 Å². The van der Waals surface area contributed by atoms with Crippen molar-refractivity contribution in [3.8, 4) is 0 Å². The number of hydrogen-bond acceptors (Lipinski definition) is 7. The largest absolute Gasteiger partial charge is 0.402 e. The van der Waals surface area contributed by atoms with E-state index >= 15 is 0 Å². The summed E-state index contributed by atoms with van der Waals surface area (Å²) < 4.78 is 0. The highest BCUT2D eigenvalue weighted by molar-refractivity contribution is 3.99. The van der Waals surface area contributed by atoms with Crippen LogP contribution in [-0.2, 0) is 5.04 Å². The molecule has 0 fully saturated rings. The first-order chi connectivity index (χ1) is 3.41. The van der Waals surface area contributed by atoms with Crippen LogP contribution in [0.4, 0.5) is 0 Å². The average Bonchev–Trinajstić information content (AvgIpc) is 1.27. The second kappa shape index (κ2) is 4.87. The van der Waals surface area contributed by atoms with Gasteiger partial charge in [-0.2, -0.15) is 0 Å². The van der Waals surface area contributed by atoms with E-state index in [4.69, 9.17) is 30.9 Å². The summed E-state index contributed by atoms with van der Waals surface area (Å²) in [6, 6.07) is 0. The van der Waals surface area contributed by atoms with Gasteiger partial charge in [0.2, 0.25) is 0 Å². The molecule has 7 heteroatoms. The van der Waals surface area contributed by atoms with Crippen molar-refractivity contribution in [2.75, 3.05) is 0 Å². The molecule has 0 atom stereocenters. The maximum Gasteiger partial charge on any atom is 0.402 e. The molecule has 0 rings (SSSR count). The van der Waals surface area contributed by atoms with Crippen LogP contribution in [0.15, 0.2) is 0 Å². The molecule has 0 unspecified atom stereocenters. The molecule has 0 amide bonds. The Morgan fingerprint density at radius 3 is 0.875 bits per heavy atom. The monoisotopic (exact) mass is 130 g/mol. The molecule has 0 aromatic rings. The molecule has 52 valence electrons. The normalized spacial score (nSPS) is 9.75. The van der Waals surface area contributed by atoms with Crippen molar-refractivity contribution >= 4 is 0 Å². The van der Waals surface area contributed by atoms with E-state index in [9.17, 15) is 0 Å². The molecule has 0 aliphatic heterocycles. The third kappa shape index (κ3) is 1630. The molecule has 0 saturated heterocycles. The summed E-state index contributed by atoms with van der Waals surface area (Å²) >= 11 is 0. The Hall–Kier alpha value is -0.280. The van der Waals surface area contributed by atoms with Gasteiger partial charge in [-0.05, 0) is 0 Å². The standard InChI is InChI=1S/CH4O4.H2O3/c2-1(3,4)5;1-3-2/h2-5H;1-2H. The first-order valence-corrected chi connectivity index (χ1v) is 1.26. The Morgan fingerprint density at radius 1 is 0.875 bits per heavy atom. The smallest absolute Gasteiger partial charge is 0.319 e. The molecular weight excluding hydrogens is 124 g/mol. The van der Waals surface area contributed by atoms with Gasteiger partial charge in [0.1, 0.15) is 0 Å². The van der Waals surface area contributed by atoms with Gasteiger partial charge in [0, 0.05) is 0 Å². The predicted molar refractivity (Wildman–Crippen MR) is 17.9 cm³/mol. The van der Waals surface area contributed by atoms with Crippen LogP contribution in [0.5, 0.6) is 0 Å². The van der Waals surface area contributed by atoms with Crippen LogP contribution in [0, 0.1) is 0 Å². The van der Waals surface area contributed by atoms with Gasteiger partial charge in [0.15, 0.2) is 0 Å². The molecule has 6 N–H and O–H groups in total. The van der Waals surface area contributed by atoms with E-state index < -0.39 is 6.16 Å². The zero-order chi connectivity index (χ0) is 7.21. The molecule has 0 spiro atoms. The van der Waals surface area contributed by atoms with Crippen LogP contribution in [0.1, 0.15) is 0 Å². The van der Waals surface area contributed by atoms with Crippen LogP contribution in [0.25, 0.3) is 0 Å². The molecule has 0 aliphatic carbocycles. The zero-order valence-electron chi connectivity index (χ0n) is 3.59. The predicted octanol–water partition coefficient (Wildman–Crippen LogP) is -2.48. The van der Waals surface area contributed by atoms with Crippen LogP contribution in [0.2, 0.25) is 0 Å². The van der Waals surface area contributed by atoms with E-state index in [1.165, 1.54) is 0 Å². The number of rotatable bonds is 0. The maximum absolute atomic E-state index is 7.19. The van der Waals surface area contributed by atoms with Gasteiger partial charge in [0.25, 0.3) is 0 Å². The van der Waals surface area contributed by atoms with E-state index in [0.717, 1.165) is 0 Å². The van der Waals surface area contributed by atoms with Gasteiger partial charge in [-0.25, -0.2) is 10.5 Å². The van der Waals surface area contributed by atoms with Crippen molar-refractivity contribution in [3.63, 3.8) is 0 Å². The Balaban J connectivity index is 0. The highest BCUT2D eigenvalue weighted by Gasteiger charge is 2.07. The summed E-state index contributed by atoms with van der Waals surface area (Å²) in [7, 11) is 0. The lowest BCUT2D eigenvalue weighted by molar-refractivity contribution is -0.465. The topological polar surface area (TPSA) is 131 Å². The lowest BCUT2D eigenvalue weighted by Gasteiger charge is -1.99. The summed E-state index contributed by atoms with van der Waals surface area (Å²) in [6.45, 7) is 0. The quantitative estimate of drug-likeness (QED) is 0.121. The molecule has 0 heterocycles. The first-order valence-electron chi connectivity index (χ1n) is 1.26. The maximum atomic E-state index is 7.19. The Labute approximate surface area is 43.5 Å². The highest BCUT2D eigenvalue weighted by atomic mass is 17.4. The summed E-state index contributed by atoms with van der Waals surface area (Å²) in [5.74, 6) is 0. The van der Waals surface area contributed by atoms with Crippen molar-refractivity contribution in [1.82, 2.24) is 0 Å². The lowest BCUT2D eigenvalue weighted by Crippen LogP contribution is -2.25. The van der Waals surface area contributed by atoms with Crippen LogP contribution >= 0.6 is 0 Å². The lowest BCUT2D eigenvalue weighted by atomic mass is 11.2. The van der Waals surface area contributed by atoms with Crippen molar-refractivity contribution in [2.24, 2.45) is 0 Å². The molecule has 0 saturated carbocycles. The highest BCUT2D eigenvalue weighted by Crippen LogP contribution is 1.75. The minimum absolute atomic E-state index is 2.25. The van der Waals surface area contributed by atoms with Crippen molar-refractivity contribution in [2.45, 2.75) is 6.16 Å². The molecule has 0 aromatic carbocycles. The van der Waals surface area contributed by atoms with Gasteiger partial charge in [0.05, 0.1) is 0 Å². The molecule has 7 nitrogen and oxygen atoms in total. The van der Waals surface area contributed by atoms with Crippen LogP contribution < -0.4 is 0 Å². The minimum Gasteiger partial charge on any atom is -0.319 e. The van der Waals surface area contributed by atoms with Gasteiger partial charge < -0.3 is 20.4 Å². The Bertz CT molecular complexity index is 28.1. The number of hydrogen-bond donors (Lipinski definition) is 6. The van der Waals surface area contributed by atoms with Crippen molar-refractivity contribution in [1.29, 1.82) is 0 Å². The average molecular weight is 130 g/mol. The molecule has 8 heavy (non-hydrogen) atoms. The molecule has 0 aromatic heterocycles. The fraction of sp³-hybridized carbons (Fsp3) is 1.00. The van der Waals surface area contributed by atoms with Crippen LogP contribution in [-0.4, -0.2) is 37.1 Å². The van der Waals surface area contributed by atoms with E-state index in [1.807, 2.05) is 0 Å². The van der Waals surface area contributed by atoms with Gasteiger partial charge in [-0.15, -0.1) is 0 Å². The molecule has 0 aliphatic rings. The summed E-state index contributed by atoms with van der Waals surface area (Å²) in [5.41, 5.74) is 0. The van der Waals surface area contributed by atoms with E-state index in [1.54, 1.807) is 0 Å². The fourth-order valence-corrected chi connectivity index (χ4v) is 0. The summed E-state index contributed by atoms with van der Waals surface area (Å²) in [5, 5.41) is 44.2. The molecule has 0 radical (unpaired) electrons. The van der Waals surface area contributed by atoms with E-state index in [2.05, 4.69) is 5.04 Å². The van der Waals surface area contributed by atoms with Crippen molar-refractivity contribution in [3.05, 3.63) is 0 Å². The summed E-state index contributed by atoms with van der Waals surface area (Å²) in [4.78, 5) is 0. The first kappa shape index (κ1) is 10.7. The summed E-state index contributed by atoms with van der Waals surface area (Å²) in [6.07, 6.45) is -3.50. The fourth-order valence-electron chi connectivity index (χ4n) is 0. The van der Waals surface area contributed by atoms with E-state index in [-0.39, 0.29) is 0 Å². The zero-order valence-corrected chi connectivity index (χ0v) is 3.59. The Morgan fingerprint density at radius 2 is 0.875 bits per heavy atom. The third-order valence-electron chi connectivity index (χ3n) is 0. The molecule has 0 bridgehead atoms. The third-order valence-corrected chi connectivity index (χ3v) is 0. The van der Waals surface area contributed by atoms with E-state index in [0.29, 0.717) is 0 Å². The SMILES string of the molecule is OC(O)(O)O.OOO. The second-order valence-corrected chi connectivity index (χ2v) is 0.682. The second-order valence-electron chi connectivity index (χ2n) is 0.682. The Kier molecular flexibility index (Phi) is 6.48. The van der Waals surface area contributed by atoms with Gasteiger partial charge in [-0.3, -0.25) is 0 Å². The number of aliphatic hydroxyl groups is 4.